The van der Waals surface area contributed by atoms with E-state index in [0.29, 0.717) is 0 Å². The Bertz CT molecular complexity index is 184. The maximum Gasteiger partial charge on any atom is 0.144 e. The van der Waals surface area contributed by atoms with Crippen LogP contribution in [0.5, 0.6) is 0 Å². The van der Waals surface area contributed by atoms with Crippen molar-refractivity contribution in [3.8, 4) is 6.07 Å². The van der Waals surface area contributed by atoms with Crippen molar-refractivity contribution in [3.63, 3.8) is 0 Å². The molecule has 4 heteroatoms. The molecule has 2 atom stereocenters. The van der Waals surface area contributed by atoms with E-state index in [1.807, 2.05) is 6.07 Å². The van der Waals surface area contributed by atoms with E-state index in [9.17, 15) is 8.42 Å². The minimum atomic E-state index is -2.43. The monoisotopic (exact) mass is 147 g/mol. The molecule has 0 aliphatic rings. The highest BCUT2D eigenvalue weighted by atomic mass is 32.2. The standard InChI is InChI=1S/C5H9NO2S/c1-4(3-6)5(2)9(7)8/h4-5,9H,1-2H3. The average molecular weight is 147 g/mol. The van der Waals surface area contributed by atoms with Gasteiger partial charge in [-0.05, 0) is 13.8 Å². The molecule has 0 fully saturated rings. The molecule has 0 saturated heterocycles. The molecule has 0 radical (unpaired) electrons. The van der Waals surface area contributed by atoms with E-state index < -0.39 is 21.9 Å². The molecule has 0 aromatic carbocycles. The van der Waals surface area contributed by atoms with Gasteiger partial charge >= 0.3 is 0 Å². The fourth-order valence-electron chi connectivity index (χ4n) is 0.290. The first-order valence-corrected chi connectivity index (χ1v) is 3.87. The third-order valence-corrected chi connectivity index (χ3v) is 2.37. The van der Waals surface area contributed by atoms with Crippen molar-refractivity contribution in [2.75, 3.05) is 0 Å². The minimum Gasteiger partial charge on any atom is -0.232 e. The highest BCUT2D eigenvalue weighted by Crippen LogP contribution is 2.02. The lowest BCUT2D eigenvalue weighted by atomic mass is 10.1. The second kappa shape index (κ2) is 3.46. The Balaban J connectivity index is 4.07. The van der Waals surface area contributed by atoms with Gasteiger partial charge in [-0.15, -0.1) is 0 Å². The van der Waals surface area contributed by atoms with Gasteiger partial charge in [0.25, 0.3) is 0 Å². The molecular formula is C5H9NO2S. The summed E-state index contributed by atoms with van der Waals surface area (Å²) in [6, 6.07) is 1.86. The lowest BCUT2D eigenvalue weighted by Crippen LogP contribution is -2.13. The van der Waals surface area contributed by atoms with Crippen molar-refractivity contribution in [1.29, 1.82) is 5.26 Å². The molecular weight excluding hydrogens is 138 g/mol. The molecule has 52 valence electrons. The van der Waals surface area contributed by atoms with Crippen LogP contribution in [0.1, 0.15) is 13.8 Å². The molecule has 0 aromatic heterocycles. The Morgan fingerprint density at radius 2 is 1.89 bits per heavy atom. The fourth-order valence-corrected chi connectivity index (χ4v) is 0.722. The molecule has 0 saturated carbocycles. The number of nitriles is 1. The summed E-state index contributed by atoms with van der Waals surface area (Å²) in [6.07, 6.45) is 0. The molecule has 0 aliphatic carbocycles. The van der Waals surface area contributed by atoms with Crippen LogP contribution in [-0.4, -0.2) is 13.7 Å². The second-order valence-corrected chi connectivity index (χ2v) is 3.33. The van der Waals surface area contributed by atoms with Crippen LogP contribution in [0.2, 0.25) is 0 Å². The molecule has 0 heterocycles. The van der Waals surface area contributed by atoms with Gasteiger partial charge in [-0.2, -0.15) is 5.26 Å². The summed E-state index contributed by atoms with van der Waals surface area (Å²) in [4.78, 5) is 0. The van der Waals surface area contributed by atoms with Crippen LogP contribution in [-0.2, 0) is 10.7 Å². The molecule has 0 amide bonds. The fraction of sp³-hybridized carbons (Fsp3) is 0.800. The number of rotatable bonds is 2. The first kappa shape index (κ1) is 8.44. The minimum absolute atomic E-state index is 0.397. The number of thiol groups is 1. The summed E-state index contributed by atoms with van der Waals surface area (Å²) >= 11 is 0. The Labute approximate surface area is 56.2 Å². The van der Waals surface area contributed by atoms with E-state index >= 15 is 0 Å². The number of hydrogen-bond acceptors (Lipinski definition) is 3. The Hall–Kier alpha value is -0.560. The Morgan fingerprint density at radius 3 is 2.00 bits per heavy atom. The average Bonchev–Trinajstić information content (AvgIpc) is 1.84. The summed E-state index contributed by atoms with van der Waals surface area (Å²) < 4.78 is 20.4. The molecule has 0 rings (SSSR count). The zero-order valence-corrected chi connectivity index (χ0v) is 6.26. The largest absolute Gasteiger partial charge is 0.232 e. The second-order valence-electron chi connectivity index (χ2n) is 1.94. The summed E-state index contributed by atoms with van der Waals surface area (Å²) in [5, 5.41) is 7.71. The topological polar surface area (TPSA) is 57.9 Å². The Morgan fingerprint density at radius 1 is 1.44 bits per heavy atom. The van der Waals surface area contributed by atoms with Crippen molar-refractivity contribution in [2.45, 2.75) is 19.1 Å². The van der Waals surface area contributed by atoms with Crippen LogP contribution in [0.25, 0.3) is 0 Å². The number of hydrogen-bond donors (Lipinski definition) is 1. The molecule has 3 nitrogen and oxygen atoms in total. The van der Waals surface area contributed by atoms with Gasteiger partial charge in [0, 0.05) is 0 Å². The van der Waals surface area contributed by atoms with Gasteiger partial charge in [0.15, 0.2) is 0 Å². The molecule has 0 spiro atoms. The zero-order valence-electron chi connectivity index (χ0n) is 5.37. The van der Waals surface area contributed by atoms with Gasteiger partial charge < -0.3 is 0 Å². The zero-order chi connectivity index (χ0) is 7.44. The van der Waals surface area contributed by atoms with Crippen molar-refractivity contribution in [3.05, 3.63) is 0 Å². The summed E-state index contributed by atoms with van der Waals surface area (Å²) in [5.74, 6) is -0.397. The predicted molar refractivity (Wildman–Crippen MR) is 34.6 cm³/mol. The lowest BCUT2D eigenvalue weighted by molar-refractivity contribution is 0.585. The van der Waals surface area contributed by atoms with E-state index in [1.165, 1.54) is 6.92 Å². The summed E-state index contributed by atoms with van der Waals surface area (Å²) in [6.45, 7) is 3.12. The van der Waals surface area contributed by atoms with Gasteiger partial charge in [0.1, 0.15) is 10.7 Å². The third-order valence-electron chi connectivity index (χ3n) is 1.26. The maximum absolute atomic E-state index is 10.2. The van der Waals surface area contributed by atoms with E-state index in [2.05, 4.69) is 0 Å². The van der Waals surface area contributed by atoms with Crippen LogP contribution in [0, 0.1) is 17.2 Å². The normalized spacial score (nSPS) is 16.7. The maximum atomic E-state index is 10.2. The smallest absolute Gasteiger partial charge is 0.144 e. The van der Waals surface area contributed by atoms with Gasteiger partial charge in [0.2, 0.25) is 0 Å². The van der Waals surface area contributed by atoms with Gasteiger partial charge in [0.05, 0.1) is 17.2 Å². The van der Waals surface area contributed by atoms with Crippen LogP contribution < -0.4 is 0 Å². The molecule has 9 heavy (non-hydrogen) atoms. The highest BCUT2D eigenvalue weighted by molar-refractivity contribution is 7.73. The SMILES string of the molecule is CC(C#N)C(C)[SH](=O)=O. The first-order chi connectivity index (χ1) is 4.09. The van der Waals surface area contributed by atoms with Crippen molar-refractivity contribution >= 4 is 10.7 Å². The highest BCUT2D eigenvalue weighted by Gasteiger charge is 2.12. The van der Waals surface area contributed by atoms with Crippen molar-refractivity contribution in [2.24, 2.45) is 5.92 Å². The Kier molecular flexibility index (Phi) is 3.25. The van der Waals surface area contributed by atoms with Crippen molar-refractivity contribution in [1.82, 2.24) is 0 Å². The lowest BCUT2D eigenvalue weighted by Gasteiger charge is -2.02. The summed E-state index contributed by atoms with van der Waals surface area (Å²) in [5.41, 5.74) is 0. The summed E-state index contributed by atoms with van der Waals surface area (Å²) in [7, 11) is -2.43. The van der Waals surface area contributed by atoms with E-state index in [1.54, 1.807) is 6.92 Å². The van der Waals surface area contributed by atoms with Crippen LogP contribution in [0.3, 0.4) is 0 Å². The van der Waals surface area contributed by atoms with E-state index in [4.69, 9.17) is 5.26 Å². The molecule has 0 aromatic rings. The molecule has 2 unspecified atom stereocenters. The van der Waals surface area contributed by atoms with Crippen LogP contribution >= 0.6 is 0 Å². The van der Waals surface area contributed by atoms with Gasteiger partial charge in [-0.3, -0.25) is 0 Å². The van der Waals surface area contributed by atoms with Gasteiger partial charge in [-0.25, -0.2) is 8.42 Å². The van der Waals surface area contributed by atoms with E-state index in [-0.39, 0.29) is 0 Å². The third kappa shape index (κ3) is 2.47. The molecule has 0 aliphatic heterocycles. The predicted octanol–water partition coefficient (Wildman–Crippen LogP) is 0.146. The van der Waals surface area contributed by atoms with Gasteiger partial charge in [-0.1, -0.05) is 0 Å². The van der Waals surface area contributed by atoms with Crippen LogP contribution in [0.15, 0.2) is 0 Å². The molecule has 0 bridgehead atoms. The first-order valence-electron chi connectivity index (χ1n) is 2.62. The molecule has 0 N–H and O–H groups in total. The number of nitrogens with zero attached hydrogens (tertiary/aromatic N) is 1. The van der Waals surface area contributed by atoms with E-state index in [0.717, 1.165) is 0 Å². The quantitative estimate of drug-likeness (QED) is 0.565. The van der Waals surface area contributed by atoms with Crippen molar-refractivity contribution < 1.29 is 8.42 Å². The van der Waals surface area contributed by atoms with Crippen LogP contribution in [0.4, 0.5) is 0 Å².